The van der Waals surface area contributed by atoms with Gasteiger partial charge in [0.05, 0.1) is 34.6 Å². The lowest BCUT2D eigenvalue weighted by Crippen LogP contribution is -2.51. The fourth-order valence-corrected chi connectivity index (χ4v) is 6.58. The third-order valence-corrected chi connectivity index (χ3v) is 7.93. The number of carbonyl (C=O) groups is 2. The molecule has 198 valence electrons. The molecule has 1 aromatic heterocycles. The molecular weight excluding hydrogens is 546 g/mol. The minimum absolute atomic E-state index is 0.138. The molecule has 4 heterocycles. The van der Waals surface area contributed by atoms with E-state index in [2.05, 4.69) is 10.3 Å². The number of fused-ring (bicyclic) bond motifs is 4. The van der Waals surface area contributed by atoms with Gasteiger partial charge in [-0.1, -0.05) is 29.3 Å². The van der Waals surface area contributed by atoms with Gasteiger partial charge in [0.2, 0.25) is 5.91 Å². The molecule has 14 heteroatoms. The molecule has 4 atom stereocenters. The number of carboxylic acids is 1. The third-order valence-electron chi connectivity index (χ3n) is 7.42. The van der Waals surface area contributed by atoms with Crippen molar-refractivity contribution in [3.8, 4) is 0 Å². The van der Waals surface area contributed by atoms with Gasteiger partial charge >= 0.3 is 12.1 Å². The molecule has 1 aromatic carbocycles. The van der Waals surface area contributed by atoms with Crippen molar-refractivity contribution in [1.29, 1.82) is 0 Å². The number of benzene rings is 1. The van der Waals surface area contributed by atoms with Crippen LogP contribution < -0.4 is 10.2 Å². The maximum Gasteiger partial charge on any atom is 0.433 e. The molecule has 1 spiro atoms. The number of alkyl halides is 5. The monoisotopic (exact) mass is 564 g/mol. The summed E-state index contributed by atoms with van der Waals surface area (Å²) in [6, 6.07) is 4.57. The molecule has 3 aliphatic rings. The topological polar surface area (TPSA) is 85.8 Å². The zero-order valence-electron chi connectivity index (χ0n) is 19.0. The molecule has 3 aliphatic heterocycles. The normalized spacial score (nSPS) is 28.2. The molecule has 2 fully saturated rings. The van der Waals surface area contributed by atoms with Crippen LogP contribution in [0.2, 0.25) is 10.0 Å². The van der Waals surface area contributed by atoms with Crippen LogP contribution in [0.15, 0.2) is 30.3 Å². The van der Waals surface area contributed by atoms with E-state index in [1.807, 2.05) is 0 Å². The molecule has 2 N–H and O–H groups in total. The van der Waals surface area contributed by atoms with Gasteiger partial charge in [0.25, 0.3) is 5.92 Å². The van der Waals surface area contributed by atoms with Crippen molar-refractivity contribution in [3.05, 3.63) is 51.6 Å². The van der Waals surface area contributed by atoms with E-state index in [1.165, 1.54) is 17.0 Å². The van der Waals surface area contributed by atoms with Crippen molar-refractivity contribution in [2.75, 3.05) is 30.4 Å². The molecule has 7 nitrogen and oxygen atoms in total. The summed E-state index contributed by atoms with van der Waals surface area (Å²) in [7, 11) is 1.14. The van der Waals surface area contributed by atoms with Crippen molar-refractivity contribution >= 4 is 46.6 Å². The van der Waals surface area contributed by atoms with Crippen molar-refractivity contribution < 1.29 is 36.6 Å². The summed E-state index contributed by atoms with van der Waals surface area (Å²) in [6.45, 7) is -0.955. The highest BCUT2D eigenvalue weighted by atomic mass is 35.5. The number of nitrogens with zero attached hydrogens (tertiary/aromatic N) is 3. The second-order valence-electron chi connectivity index (χ2n) is 9.46. The van der Waals surface area contributed by atoms with E-state index in [4.69, 9.17) is 23.2 Å². The third kappa shape index (κ3) is 3.91. The van der Waals surface area contributed by atoms with Crippen LogP contribution in [-0.4, -0.2) is 59.0 Å². The molecule has 0 saturated carbocycles. The van der Waals surface area contributed by atoms with Gasteiger partial charge in [-0.25, -0.2) is 13.8 Å². The summed E-state index contributed by atoms with van der Waals surface area (Å²) in [5.74, 6) is -9.07. The summed E-state index contributed by atoms with van der Waals surface area (Å²) in [6.07, 6.45) is -5.59. The summed E-state index contributed by atoms with van der Waals surface area (Å²) >= 11 is 12.5. The average Bonchev–Trinajstić information content (AvgIpc) is 3.41. The first-order chi connectivity index (χ1) is 17.2. The second kappa shape index (κ2) is 8.40. The Bertz CT molecular complexity index is 1310. The van der Waals surface area contributed by atoms with E-state index >= 15 is 0 Å². The summed E-state index contributed by atoms with van der Waals surface area (Å²) in [5.41, 5.74) is -2.26. The van der Waals surface area contributed by atoms with Gasteiger partial charge in [-0.15, -0.1) is 0 Å². The summed E-state index contributed by atoms with van der Waals surface area (Å²) in [5, 5.41) is 13.7. The number of anilines is 2. The largest absolute Gasteiger partial charge is 0.481 e. The number of halogens is 7. The Morgan fingerprint density at radius 1 is 1.24 bits per heavy atom. The van der Waals surface area contributed by atoms with E-state index in [0.717, 1.165) is 30.1 Å². The molecule has 2 saturated heterocycles. The Balaban J connectivity index is 1.64. The number of amides is 1. The van der Waals surface area contributed by atoms with Crippen LogP contribution in [-0.2, 0) is 21.3 Å². The molecule has 5 rings (SSSR count). The fraction of sp³-hybridized carbons (Fsp3) is 0.435. The van der Waals surface area contributed by atoms with Crippen LogP contribution in [0.25, 0.3) is 0 Å². The summed E-state index contributed by atoms with van der Waals surface area (Å²) in [4.78, 5) is 32.1. The molecule has 0 radical (unpaired) electrons. The number of pyridine rings is 1. The predicted octanol–water partition coefficient (Wildman–Crippen LogP) is 4.73. The number of carboxylic acid groups (broad SMARTS) is 1. The Hall–Kier alpha value is -2.70. The first-order valence-corrected chi connectivity index (χ1v) is 11.9. The number of carbonyl (C=O) groups excluding carboxylic acids is 1. The second-order valence-corrected chi connectivity index (χ2v) is 10.3. The maximum absolute atomic E-state index is 14.8. The zero-order valence-corrected chi connectivity index (χ0v) is 20.5. The lowest BCUT2D eigenvalue weighted by atomic mass is 9.74. The number of hydrogen-bond acceptors (Lipinski definition) is 5. The van der Waals surface area contributed by atoms with E-state index in [0.29, 0.717) is 5.69 Å². The molecule has 0 bridgehead atoms. The van der Waals surface area contributed by atoms with Crippen LogP contribution in [0, 0.1) is 11.8 Å². The van der Waals surface area contributed by atoms with Gasteiger partial charge in [0, 0.05) is 36.6 Å². The highest BCUT2D eigenvalue weighted by molar-refractivity contribution is 6.36. The molecule has 0 aliphatic carbocycles. The maximum atomic E-state index is 14.8. The molecule has 1 amide bonds. The Labute approximate surface area is 217 Å². The van der Waals surface area contributed by atoms with Crippen LogP contribution in [0.4, 0.5) is 33.5 Å². The average molecular weight is 565 g/mol. The Kier molecular flexibility index (Phi) is 5.89. The Morgan fingerprint density at radius 2 is 1.95 bits per heavy atom. The van der Waals surface area contributed by atoms with Crippen LogP contribution in [0.3, 0.4) is 0 Å². The van der Waals surface area contributed by atoms with Crippen molar-refractivity contribution in [1.82, 2.24) is 9.88 Å². The number of nitrogens with one attached hydrogen (secondary N) is 1. The number of hydrogen-bond donors (Lipinski definition) is 2. The van der Waals surface area contributed by atoms with Crippen LogP contribution in [0.5, 0.6) is 0 Å². The van der Waals surface area contributed by atoms with E-state index in [1.54, 1.807) is 0 Å². The molecular formula is C23H19Cl2F5N4O3. The van der Waals surface area contributed by atoms with E-state index < -0.39 is 71.9 Å². The summed E-state index contributed by atoms with van der Waals surface area (Å²) < 4.78 is 69.2. The fourth-order valence-electron chi connectivity index (χ4n) is 6.02. The predicted molar refractivity (Wildman–Crippen MR) is 124 cm³/mol. The quantitative estimate of drug-likeness (QED) is 0.524. The van der Waals surface area contributed by atoms with Gasteiger partial charge < -0.3 is 10.4 Å². The van der Waals surface area contributed by atoms with Crippen LogP contribution >= 0.6 is 23.2 Å². The number of aliphatic carboxylic acids is 1. The highest BCUT2D eigenvalue weighted by Gasteiger charge is 2.71. The van der Waals surface area contributed by atoms with Gasteiger partial charge in [0.15, 0.2) is 0 Å². The molecule has 37 heavy (non-hydrogen) atoms. The van der Waals surface area contributed by atoms with Crippen molar-refractivity contribution in [2.45, 2.75) is 30.1 Å². The molecule has 2 aromatic rings. The van der Waals surface area contributed by atoms with Crippen LogP contribution in [0.1, 0.15) is 17.7 Å². The van der Waals surface area contributed by atoms with Crippen molar-refractivity contribution in [2.24, 2.45) is 11.8 Å². The first kappa shape index (κ1) is 25.9. The minimum Gasteiger partial charge on any atom is -0.481 e. The lowest BCUT2D eigenvalue weighted by Gasteiger charge is -2.38. The lowest BCUT2D eigenvalue weighted by molar-refractivity contribution is -0.149. The zero-order chi connectivity index (χ0) is 27.1. The van der Waals surface area contributed by atoms with E-state index in [9.17, 15) is 36.6 Å². The van der Waals surface area contributed by atoms with Gasteiger partial charge in [-0.2, -0.15) is 13.2 Å². The standard InChI is InChI=1S/C23H19Cl2F5N4O3/c1-33(15-4-2-3-14(32-15)23(28,29)30)19(35)16-13-7-21(26,27)9-34(13)22(17(16)20(36)37)8-31-18-11(22)5-10(24)6-12(18)25/h2-6,13,16-17,31H,7-9H2,1H3,(H,36,37)/t13-,16+,17-,22+/m1/s1. The van der Waals surface area contributed by atoms with Crippen molar-refractivity contribution in [3.63, 3.8) is 0 Å². The minimum atomic E-state index is -4.79. The van der Waals surface area contributed by atoms with Gasteiger partial charge in [0.1, 0.15) is 11.5 Å². The van der Waals surface area contributed by atoms with E-state index in [-0.39, 0.29) is 22.2 Å². The molecule has 0 unspecified atom stereocenters. The number of rotatable bonds is 3. The smallest absolute Gasteiger partial charge is 0.433 e. The number of aromatic nitrogens is 1. The first-order valence-electron chi connectivity index (χ1n) is 11.1. The SMILES string of the molecule is CN(C(=O)[C@H]1[C@H]2CC(F)(F)CN2[C@]2(CNc3c(Cl)cc(Cl)cc32)[C@H]1C(=O)O)c1cccc(C(F)(F)F)n1. The van der Waals surface area contributed by atoms with Gasteiger partial charge in [-0.3, -0.25) is 19.4 Å². The Morgan fingerprint density at radius 3 is 2.59 bits per heavy atom. The van der Waals surface area contributed by atoms with Gasteiger partial charge in [-0.05, 0) is 24.3 Å². The highest BCUT2D eigenvalue weighted by Crippen LogP contribution is 2.60.